The first kappa shape index (κ1) is 12.4. The third kappa shape index (κ3) is 2.45. The lowest BCUT2D eigenvalue weighted by molar-refractivity contribution is 0.196. The van der Waals surface area contributed by atoms with Crippen LogP contribution in [0.15, 0.2) is 15.9 Å². The van der Waals surface area contributed by atoms with Crippen molar-refractivity contribution >= 4 is 33.3 Å². The topological polar surface area (TPSA) is 47.3 Å². The van der Waals surface area contributed by atoms with Crippen LogP contribution in [0.4, 0.5) is 4.79 Å². The third-order valence-electron chi connectivity index (χ3n) is 2.85. The molecule has 1 fully saturated rings. The van der Waals surface area contributed by atoms with E-state index in [0.717, 1.165) is 3.79 Å². The number of thiophene rings is 1. The number of rotatable bonds is 3. The Labute approximate surface area is 113 Å². The summed E-state index contributed by atoms with van der Waals surface area (Å²) >= 11 is 5.08. The Morgan fingerprint density at radius 2 is 2.41 bits per heavy atom. The fourth-order valence-corrected chi connectivity index (χ4v) is 3.48. The molecular weight excluding hydrogens is 302 g/mol. The summed E-state index contributed by atoms with van der Waals surface area (Å²) in [5, 5.41) is 8.56. The molecule has 0 spiro atoms. The van der Waals surface area contributed by atoms with E-state index in [9.17, 15) is 4.79 Å². The van der Waals surface area contributed by atoms with Crippen LogP contribution in [0.3, 0.4) is 0 Å². The summed E-state index contributed by atoms with van der Waals surface area (Å²) < 4.78 is 1.07. The highest BCUT2D eigenvalue weighted by Crippen LogP contribution is 2.34. The predicted octanol–water partition coefficient (Wildman–Crippen LogP) is 2.83. The van der Waals surface area contributed by atoms with Crippen molar-refractivity contribution in [2.45, 2.75) is 12.5 Å². The second kappa shape index (κ2) is 5.07. The minimum absolute atomic E-state index is 0.00905. The second-order valence-corrected chi connectivity index (χ2v) is 6.40. The van der Waals surface area contributed by atoms with E-state index in [2.05, 4.69) is 22.0 Å². The highest BCUT2D eigenvalue weighted by Gasteiger charge is 2.35. The molecule has 90 valence electrons. The summed E-state index contributed by atoms with van der Waals surface area (Å²) in [6.07, 6.45) is 0.389. The maximum atomic E-state index is 11.9. The zero-order chi connectivity index (χ0) is 12.4. The number of hydrogen-bond donors (Lipinski definition) is 0. The van der Waals surface area contributed by atoms with Gasteiger partial charge < -0.3 is 9.80 Å². The standard InChI is InChI=1S/C11H12BrN3OS/c1-14-8(9-3-4-10(12)17-9)7-15(11(14)16)6-2-5-13/h3-4,8H,2,6-7H2,1H3. The lowest BCUT2D eigenvalue weighted by Crippen LogP contribution is -2.30. The molecule has 0 aliphatic carbocycles. The number of likely N-dealkylation sites (N-methyl/N-ethyl adjacent to an activating group) is 1. The van der Waals surface area contributed by atoms with Gasteiger partial charge >= 0.3 is 6.03 Å². The SMILES string of the molecule is CN1C(=O)N(CCC#N)CC1c1ccc(Br)s1. The van der Waals surface area contributed by atoms with Crippen LogP contribution >= 0.6 is 27.3 Å². The third-order valence-corrected chi connectivity index (χ3v) is 4.57. The van der Waals surface area contributed by atoms with Gasteiger partial charge in [0.05, 0.1) is 22.3 Å². The maximum Gasteiger partial charge on any atom is 0.320 e. The van der Waals surface area contributed by atoms with Crippen molar-refractivity contribution in [3.05, 3.63) is 20.8 Å². The van der Waals surface area contributed by atoms with Crippen LogP contribution in [0.2, 0.25) is 0 Å². The fourth-order valence-electron chi connectivity index (χ4n) is 1.93. The minimum Gasteiger partial charge on any atom is -0.321 e. The van der Waals surface area contributed by atoms with Gasteiger partial charge in [-0.15, -0.1) is 11.3 Å². The molecule has 0 aromatic carbocycles. The molecule has 1 unspecified atom stereocenters. The lowest BCUT2D eigenvalue weighted by Gasteiger charge is -2.15. The van der Waals surface area contributed by atoms with E-state index in [1.807, 2.05) is 19.2 Å². The quantitative estimate of drug-likeness (QED) is 0.861. The van der Waals surface area contributed by atoms with Gasteiger partial charge in [0, 0.05) is 25.0 Å². The van der Waals surface area contributed by atoms with Crippen molar-refractivity contribution in [1.29, 1.82) is 5.26 Å². The highest BCUT2D eigenvalue weighted by molar-refractivity contribution is 9.11. The van der Waals surface area contributed by atoms with E-state index < -0.39 is 0 Å². The maximum absolute atomic E-state index is 11.9. The highest BCUT2D eigenvalue weighted by atomic mass is 79.9. The van der Waals surface area contributed by atoms with Gasteiger partial charge in [-0.2, -0.15) is 5.26 Å². The molecule has 2 amide bonds. The van der Waals surface area contributed by atoms with E-state index in [1.165, 1.54) is 4.88 Å². The fraction of sp³-hybridized carbons (Fsp3) is 0.455. The summed E-state index contributed by atoms with van der Waals surface area (Å²) in [4.78, 5) is 16.6. The Hall–Kier alpha value is -1.06. The van der Waals surface area contributed by atoms with Gasteiger partial charge in [0.1, 0.15) is 0 Å². The van der Waals surface area contributed by atoms with Gasteiger partial charge in [-0.25, -0.2) is 4.79 Å². The Bertz CT molecular complexity index is 468. The first-order valence-electron chi connectivity index (χ1n) is 5.27. The Balaban J connectivity index is 2.11. The Morgan fingerprint density at radius 3 is 3.00 bits per heavy atom. The summed E-state index contributed by atoms with van der Waals surface area (Å²) in [6, 6.07) is 6.22. The summed E-state index contributed by atoms with van der Waals surface area (Å²) in [6.45, 7) is 1.19. The van der Waals surface area contributed by atoms with E-state index in [1.54, 1.807) is 21.1 Å². The Kier molecular flexibility index (Phi) is 3.69. The molecule has 0 radical (unpaired) electrons. The van der Waals surface area contributed by atoms with Crippen LogP contribution < -0.4 is 0 Å². The molecule has 4 nitrogen and oxygen atoms in total. The van der Waals surface area contributed by atoms with E-state index >= 15 is 0 Å². The number of urea groups is 1. The molecule has 0 saturated carbocycles. The van der Waals surface area contributed by atoms with Crippen molar-refractivity contribution in [2.24, 2.45) is 0 Å². The van der Waals surface area contributed by atoms with E-state index in [-0.39, 0.29) is 12.1 Å². The van der Waals surface area contributed by atoms with E-state index in [0.29, 0.717) is 19.5 Å². The smallest absolute Gasteiger partial charge is 0.320 e. The molecule has 1 aliphatic rings. The van der Waals surface area contributed by atoms with Gasteiger partial charge in [0.15, 0.2) is 0 Å². The zero-order valence-electron chi connectivity index (χ0n) is 9.39. The van der Waals surface area contributed by atoms with Crippen molar-refractivity contribution in [3.8, 4) is 6.07 Å². The van der Waals surface area contributed by atoms with Gasteiger partial charge in [-0.3, -0.25) is 0 Å². The number of amides is 2. The first-order chi connectivity index (χ1) is 8.13. The van der Waals surface area contributed by atoms with Gasteiger partial charge in [-0.1, -0.05) is 0 Å². The largest absolute Gasteiger partial charge is 0.321 e. The molecule has 1 aromatic heterocycles. The molecule has 1 aliphatic heterocycles. The number of nitrogens with zero attached hydrogens (tertiary/aromatic N) is 3. The summed E-state index contributed by atoms with van der Waals surface area (Å²) in [7, 11) is 1.81. The molecule has 1 saturated heterocycles. The van der Waals surface area contributed by atoms with Crippen LogP contribution in [-0.2, 0) is 0 Å². The molecular formula is C11H12BrN3OS. The van der Waals surface area contributed by atoms with Crippen LogP contribution in [0.1, 0.15) is 17.3 Å². The predicted molar refractivity (Wildman–Crippen MR) is 69.7 cm³/mol. The van der Waals surface area contributed by atoms with Crippen molar-refractivity contribution in [2.75, 3.05) is 20.1 Å². The summed E-state index contributed by atoms with van der Waals surface area (Å²) in [5.74, 6) is 0. The molecule has 2 rings (SSSR count). The molecule has 2 heterocycles. The van der Waals surface area contributed by atoms with E-state index in [4.69, 9.17) is 5.26 Å². The lowest BCUT2D eigenvalue weighted by atomic mass is 10.2. The minimum atomic E-state index is 0.00905. The molecule has 1 atom stereocenters. The average molecular weight is 314 g/mol. The summed E-state index contributed by atoms with van der Waals surface area (Å²) in [5.41, 5.74) is 0. The van der Waals surface area contributed by atoms with Crippen LogP contribution in [0, 0.1) is 11.3 Å². The second-order valence-electron chi connectivity index (χ2n) is 3.91. The zero-order valence-corrected chi connectivity index (χ0v) is 11.8. The molecule has 17 heavy (non-hydrogen) atoms. The molecule has 0 bridgehead atoms. The number of hydrogen-bond acceptors (Lipinski definition) is 3. The van der Waals surface area contributed by atoms with Gasteiger partial charge in [0.25, 0.3) is 0 Å². The Morgan fingerprint density at radius 1 is 1.65 bits per heavy atom. The van der Waals surface area contributed by atoms with Crippen molar-refractivity contribution in [1.82, 2.24) is 9.80 Å². The van der Waals surface area contributed by atoms with Crippen LogP contribution in [0.5, 0.6) is 0 Å². The van der Waals surface area contributed by atoms with Gasteiger partial charge in [-0.05, 0) is 28.1 Å². The molecule has 6 heteroatoms. The number of halogens is 1. The monoisotopic (exact) mass is 313 g/mol. The number of carbonyl (C=O) groups is 1. The van der Waals surface area contributed by atoms with Crippen molar-refractivity contribution in [3.63, 3.8) is 0 Å². The van der Waals surface area contributed by atoms with Crippen LogP contribution in [-0.4, -0.2) is 36.0 Å². The average Bonchev–Trinajstić information content (AvgIpc) is 2.84. The molecule has 1 aromatic rings. The normalized spacial score (nSPS) is 19.8. The van der Waals surface area contributed by atoms with Crippen molar-refractivity contribution < 1.29 is 4.79 Å². The first-order valence-corrected chi connectivity index (χ1v) is 6.88. The van der Waals surface area contributed by atoms with Crippen LogP contribution in [0.25, 0.3) is 0 Å². The number of nitriles is 1. The number of carbonyl (C=O) groups excluding carboxylic acids is 1. The van der Waals surface area contributed by atoms with Gasteiger partial charge in [0.2, 0.25) is 0 Å². The molecule has 0 N–H and O–H groups in total.